The van der Waals surface area contributed by atoms with E-state index in [1.54, 1.807) is 12.1 Å². The largest absolute Gasteiger partial charge is 0.437 e. The molecule has 0 bridgehead atoms. The van der Waals surface area contributed by atoms with Crippen LogP contribution in [0.1, 0.15) is 25.0 Å². The highest BCUT2D eigenvalue weighted by atomic mass is 35.5. The topological polar surface area (TPSA) is 70.6 Å². The van der Waals surface area contributed by atoms with Crippen molar-refractivity contribution in [1.82, 2.24) is 14.9 Å². The number of nitrogens with one attached hydrogen (secondary N) is 1. The number of rotatable bonds is 5. The molecule has 1 unspecified atom stereocenters. The van der Waals surface area contributed by atoms with E-state index in [9.17, 15) is 4.79 Å². The number of benzene rings is 2. The molecule has 0 radical (unpaired) electrons. The van der Waals surface area contributed by atoms with Crippen LogP contribution in [0.15, 0.2) is 54.9 Å². The molecule has 2 amide bonds. The third kappa shape index (κ3) is 5.37. The fourth-order valence-electron chi connectivity index (χ4n) is 3.97. The minimum Gasteiger partial charge on any atom is -0.437 e. The fourth-order valence-corrected chi connectivity index (χ4v) is 4.12. The molecule has 8 heteroatoms. The molecule has 1 saturated heterocycles. The lowest BCUT2D eigenvalue weighted by Gasteiger charge is -2.40. The third-order valence-electron chi connectivity index (χ3n) is 5.78. The molecule has 1 N–H and O–H groups in total. The molecule has 2 heterocycles. The Bertz CT molecular complexity index is 1140. The Balaban J connectivity index is 1.42. The summed E-state index contributed by atoms with van der Waals surface area (Å²) < 4.78 is 5.91. The van der Waals surface area contributed by atoms with Crippen molar-refractivity contribution in [3.63, 3.8) is 0 Å². The van der Waals surface area contributed by atoms with Gasteiger partial charge in [-0.1, -0.05) is 42.8 Å². The summed E-state index contributed by atoms with van der Waals surface area (Å²) in [6.45, 7) is 8.01. The Labute approximate surface area is 199 Å². The molecule has 0 spiro atoms. The van der Waals surface area contributed by atoms with Gasteiger partial charge in [-0.15, -0.1) is 0 Å². The van der Waals surface area contributed by atoms with E-state index in [-0.39, 0.29) is 12.1 Å². The van der Waals surface area contributed by atoms with Crippen LogP contribution >= 0.6 is 11.6 Å². The van der Waals surface area contributed by atoms with E-state index in [1.807, 2.05) is 55.1 Å². The highest BCUT2D eigenvalue weighted by Gasteiger charge is 2.28. The molecule has 0 aliphatic carbocycles. The van der Waals surface area contributed by atoms with Gasteiger partial charge in [-0.3, -0.25) is 0 Å². The number of amides is 2. The average molecular weight is 466 g/mol. The quantitative estimate of drug-likeness (QED) is 0.536. The lowest BCUT2D eigenvalue weighted by Crippen LogP contribution is -2.55. The Morgan fingerprint density at radius 3 is 2.79 bits per heavy atom. The number of piperazine rings is 1. The summed E-state index contributed by atoms with van der Waals surface area (Å²) in [5.74, 6) is 1.74. The van der Waals surface area contributed by atoms with Gasteiger partial charge in [-0.05, 0) is 49.6 Å². The summed E-state index contributed by atoms with van der Waals surface area (Å²) in [6.07, 6.45) is 2.35. The van der Waals surface area contributed by atoms with Crippen LogP contribution in [0.5, 0.6) is 11.6 Å². The van der Waals surface area contributed by atoms with Gasteiger partial charge in [-0.2, -0.15) is 0 Å². The van der Waals surface area contributed by atoms with Crippen LogP contribution in [-0.4, -0.2) is 46.6 Å². The zero-order valence-electron chi connectivity index (χ0n) is 19.1. The van der Waals surface area contributed by atoms with Crippen molar-refractivity contribution in [3.05, 3.63) is 71.0 Å². The van der Waals surface area contributed by atoms with Crippen LogP contribution in [0.25, 0.3) is 0 Å². The number of halogens is 1. The SMILES string of the molecule is CCc1ccccc1NC(=O)N1CCN(c2cc(Oc3cc(C)ccc3Cl)ncn2)CC1C. The molecule has 0 saturated carbocycles. The van der Waals surface area contributed by atoms with Crippen LogP contribution < -0.4 is 15.0 Å². The van der Waals surface area contributed by atoms with Crippen molar-refractivity contribution in [2.75, 3.05) is 29.9 Å². The third-order valence-corrected chi connectivity index (χ3v) is 6.09. The van der Waals surface area contributed by atoms with Crippen molar-refractivity contribution in [1.29, 1.82) is 0 Å². The molecule has 3 aromatic rings. The van der Waals surface area contributed by atoms with E-state index in [0.29, 0.717) is 36.3 Å². The standard InChI is InChI=1S/C25H28ClN5O2/c1-4-19-7-5-6-8-21(19)29-25(32)31-12-11-30(15-18(31)3)23-14-24(28-16-27-23)33-22-13-17(2)9-10-20(22)26/h5-10,13-14,16,18H,4,11-12,15H2,1-3H3,(H,29,32). The van der Waals surface area contributed by atoms with Crippen molar-refractivity contribution >= 4 is 29.1 Å². The van der Waals surface area contributed by atoms with Crippen molar-refractivity contribution in [2.24, 2.45) is 0 Å². The number of anilines is 2. The van der Waals surface area contributed by atoms with Gasteiger partial charge in [0.25, 0.3) is 0 Å². The summed E-state index contributed by atoms with van der Waals surface area (Å²) in [5, 5.41) is 3.60. The van der Waals surface area contributed by atoms with Crippen LogP contribution in [0.2, 0.25) is 5.02 Å². The predicted molar refractivity (Wildman–Crippen MR) is 132 cm³/mol. The molecular weight excluding hydrogens is 438 g/mol. The van der Waals surface area contributed by atoms with Gasteiger partial charge >= 0.3 is 6.03 Å². The van der Waals surface area contributed by atoms with Gasteiger partial charge in [0, 0.05) is 37.4 Å². The molecule has 1 aromatic heterocycles. The number of carbonyl (C=O) groups excluding carboxylic acids is 1. The molecule has 7 nitrogen and oxygen atoms in total. The van der Waals surface area contributed by atoms with E-state index in [4.69, 9.17) is 16.3 Å². The first-order valence-corrected chi connectivity index (χ1v) is 11.5. The van der Waals surface area contributed by atoms with Crippen molar-refractivity contribution in [3.8, 4) is 11.6 Å². The highest BCUT2D eigenvalue weighted by molar-refractivity contribution is 6.32. The number of aromatic nitrogens is 2. The van der Waals surface area contributed by atoms with E-state index in [1.165, 1.54) is 6.33 Å². The van der Waals surface area contributed by atoms with Gasteiger partial charge in [0.1, 0.15) is 17.9 Å². The molecule has 4 rings (SSSR count). The monoisotopic (exact) mass is 465 g/mol. The first kappa shape index (κ1) is 22.9. The number of ether oxygens (including phenoxy) is 1. The lowest BCUT2D eigenvalue weighted by molar-refractivity contribution is 0.184. The summed E-state index contributed by atoms with van der Waals surface area (Å²) in [4.78, 5) is 25.6. The first-order valence-electron chi connectivity index (χ1n) is 11.1. The minimum absolute atomic E-state index is 0.0121. The number of carbonyl (C=O) groups is 1. The summed E-state index contributed by atoms with van der Waals surface area (Å²) in [5.41, 5.74) is 3.04. The molecule has 1 atom stereocenters. The molecule has 1 aliphatic rings. The Hall–Kier alpha value is -3.32. The second-order valence-corrected chi connectivity index (χ2v) is 8.59. The van der Waals surface area contributed by atoms with Gasteiger partial charge in [0.2, 0.25) is 5.88 Å². The zero-order valence-corrected chi connectivity index (χ0v) is 19.8. The molecule has 172 valence electrons. The van der Waals surface area contributed by atoms with E-state index in [2.05, 4.69) is 27.1 Å². The van der Waals surface area contributed by atoms with Gasteiger partial charge in [0.15, 0.2) is 0 Å². The maximum Gasteiger partial charge on any atom is 0.322 e. The van der Waals surface area contributed by atoms with E-state index < -0.39 is 0 Å². The van der Waals surface area contributed by atoms with Crippen LogP contribution in [-0.2, 0) is 6.42 Å². The molecule has 1 aliphatic heterocycles. The smallest absolute Gasteiger partial charge is 0.322 e. The normalized spacial score (nSPS) is 15.9. The van der Waals surface area contributed by atoms with Crippen LogP contribution in [0, 0.1) is 6.92 Å². The number of nitrogens with zero attached hydrogens (tertiary/aromatic N) is 4. The number of urea groups is 1. The molecule has 2 aromatic carbocycles. The average Bonchev–Trinajstić information content (AvgIpc) is 2.82. The second kappa shape index (κ2) is 10.1. The Morgan fingerprint density at radius 2 is 2.00 bits per heavy atom. The summed E-state index contributed by atoms with van der Waals surface area (Å²) in [7, 11) is 0. The minimum atomic E-state index is -0.0798. The van der Waals surface area contributed by atoms with Gasteiger partial charge in [0.05, 0.1) is 5.02 Å². The maximum absolute atomic E-state index is 12.9. The lowest BCUT2D eigenvalue weighted by atomic mass is 10.1. The molecule has 1 fully saturated rings. The van der Waals surface area contributed by atoms with Crippen LogP contribution in [0.4, 0.5) is 16.3 Å². The number of hydrogen-bond donors (Lipinski definition) is 1. The van der Waals surface area contributed by atoms with Crippen molar-refractivity contribution in [2.45, 2.75) is 33.2 Å². The Morgan fingerprint density at radius 1 is 1.18 bits per heavy atom. The Kier molecular flexibility index (Phi) is 6.99. The number of aryl methyl sites for hydroxylation is 2. The second-order valence-electron chi connectivity index (χ2n) is 8.18. The van der Waals surface area contributed by atoms with E-state index >= 15 is 0 Å². The zero-order chi connectivity index (χ0) is 23.4. The van der Waals surface area contributed by atoms with Gasteiger partial charge in [-0.25, -0.2) is 14.8 Å². The number of hydrogen-bond acceptors (Lipinski definition) is 5. The summed E-state index contributed by atoms with van der Waals surface area (Å²) >= 11 is 6.25. The fraction of sp³-hybridized carbons (Fsp3) is 0.320. The van der Waals surface area contributed by atoms with Crippen LogP contribution in [0.3, 0.4) is 0 Å². The molecular formula is C25H28ClN5O2. The van der Waals surface area contributed by atoms with Gasteiger partial charge < -0.3 is 19.9 Å². The predicted octanol–water partition coefficient (Wildman–Crippen LogP) is 5.54. The first-order chi connectivity index (χ1) is 15.9. The highest BCUT2D eigenvalue weighted by Crippen LogP contribution is 2.30. The molecule has 33 heavy (non-hydrogen) atoms. The maximum atomic E-state index is 12.9. The summed E-state index contributed by atoms with van der Waals surface area (Å²) in [6, 6.07) is 15.3. The van der Waals surface area contributed by atoms with Crippen molar-refractivity contribution < 1.29 is 9.53 Å². The number of para-hydroxylation sites is 1. The van der Waals surface area contributed by atoms with E-state index in [0.717, 1.165) is 29.1 Å².